The smallest absolute Gasteiger partial charge is 0.458 e. The summed E-state index contributed by atoms with van der Waals surface area (Å²) in [5.41, 5.74) is 0.704. The first-order chi connectivity index (χ1) is 24.5. The highest BCUT2D eigenvalue weighted by atomic mass is 28.4. The van der Waals surface area contributed by atoms with Crippen molar-refractivity contribution in [2.45, 2.75) is 105 Å². The Morgan fingerprint density at radius 2 is 1.19 bits per heavy atom. The zero-order valence-electron chi connectivity index (χ0n) is 31.9. The Balaban J connectivity index is 1.86. The van der Waals surface area contributed by atoms with Crippen LogP contribution in [0.1, 0.15) is 81.6 Å². The average molecular weight is 745 g/mol. The first kappa shape index (κ1) is 43.8. The number of urea groups is 1. The van der Waals surface area contributed by atoms with Gasteiger partial charge >= 0.3 is 26.9 Å². The fourth-order valence-corrected chi connectivity index (χ4v) is 7.20. The third-order valence-electron chi connectivity index (χ3n) is 6.64. The number of hydrogen-bond donors (Lipinski definition) is 4. The van der Waals surface area contributed by atoms with Crippen LogP contribution in [0.25, 0.3) is 0 Å². The Bertz CT molecular complexity index is 1440. The van der Waals surface area contributed by atoms with Crippen molar-refractivity contribution in [1.82, 2.24) is 10.6 Å². The predicted octanol–water partition coefficient (Wildman–Crippen LogP) is 7.62. The number of carbonyl (C=O) groups excluding carboxylic acids is 4. The van der Waals surface area contributed by atoms with Gasteiger partial charge in [0.1, 0.15) is 17.2 Å². The van der Waals surface area contributed by atoms with Crippen molar-refractivity contribution in [2.24, 2.45) is 10.2 Å². The highest BCUT2D eigenvalue weighted by Gasteiger charge is 2.39. The van der Waals surface area contributed by atoms with Gasteiger partial charge in [-0.25, -0.2) is 14.4 Å². The molecule has 4 N–H and O–H groups in total. The lowest BCUT2D eigenvalue weighted by atomic mass is 10.1. The number of nitrogens with one attached hydrogen (secondary N) is 4. The molecule has 1 unspecified atom stereocenters. The molecule has 2 rings (SSSR count). The molecule has 2 aromatic rings. The molecule has 0 heterocycles. The maximum absolute atomic E-state index is 12.7. The largest absolute Gasteiger partial charge is 0.500 e. The van der Waals surface area contributed by atoms with Gasteiger partial charge in [0.05, 0.1) is 11.4 Å². The molecule has 0 saturated carbocycles. The molecule has 0 aliphatic carbocycles. The van der Waals surface area contributed by atoms with Crippen molar-refractivity contribution in [1.29, 1.82) is 0 Å². The molecule has 0 fully saturated rings. The molecule has 0 aromatic heterocycles. The van der Waals surface area contributed by atoms with E-state index in [0.717, 1.165) is 0 Å². The van der Waals surface area contributed by atoms with Gasteiger partial charge < -0.3 is 44.0 Å². The number of anilines is 2. The summed E-state index contributed by atoms with van der Waals surface area (Å²) in [7, 11) is -2.75. The Labute approximate surface area is 308 Å². The fourth-order valence-electron chi connectivity index (χ4n) is 4.59. The van der Waals surface area contributed by atoms with Gasteiger partial charge in [-0.15, -0.1) is 0 Å². The number of azo groups is 1. The van der Waals surface area contributed by atoms with Crippen LogP contribution in [0.4, 0.5) is 32.3 Å². The average Bonchev–Trinajstić information content (AvgIpc) is 3.04. The van der Waals surface area contributed by atoms with Crippen LogP contribution in [0, 0.1) is 0 Å². The number of carbonyl (C=O) groups is 4. The number of amides is 4. The molecule has 15 nitrogen and oxygen atoms in total. The van der Waals surface area contributed by atoms with E-state index in [2.05, 4.69) is 31.5 Å². The van der Waals surface area contributed by atoms with Crippen LogP contribution in [0.3, 0.4) is 0 Å². The van der Waals surface area contributed by atoms with Gasteiger partial charge in [-0.2, -0.15) is 10.2 Å². The first-order valence-electron chi connectivity index (χ1n) is 17.6. The van der Waals surface area contributed by atoms with E-state index < -0.39 is 38.1 Å². The second-order valence-electron chi connectivity index (χ2n) is 13.6. The van der Waals surface area contributed by atoms with E-state index in [-0.39, 0.29) is 24.8 Å². The summed E-state index contributed by atoms with van der Waals surface area (Å²) in [6, 6.07) is 12.8. The van der Waals surface area contributed by atoms with Crippen LogP contribution in [0.2, 0.25) is 6.04 Å². The lowest BCUT2D eigenvalue weighted by molar-refractivity contribution is -0.157. The van der Waals surface area contributed by atoms with E-state index in [1.54, 1.807) is 90.1 Å². The van der Waals surface area contributed by atoms with Gasteiger partial charge in [0, 0.05) is 50.2 Å². The molecule has 52 heavy (non-hydrogen) atoms. The molecule has 1 atom stereocenters. The second-order valence-corrected chi connectivity index (χ2v) is 16.3. The van der Waals surface area contributed by atoms with Gasteiger partial charge in [-0.1, -0.05) is 0 Å². The molecular weight excluding hydrogens is 689 g/mol. The molecular formula is C36H56N6O9Si. The molecule has 2 aromatic carbocycles. The van der Waals surface area contributed by atoms with E-state index in [4.69, 9.17) is 22.8 Å². The summed E-state index contributed by atoms with van der Waals surface area (Å²) < 4.78 is 28.2. The Morgan fingerprint density at radius 1 is 0.712 bits per heavy atom. The standard InChI is InChI=1S/C36H56N6O9Si/c1-10-47-52(48-11-2,49-12-3)25-13-24-37-33(45)39-27-16-20-29(21-17-27)42-41-28-18-14-26(15-19-28)38-31(43)23-22-30(32(44)50-35(4,5)6)40-34(46)51-36(7,8)9/h14-21,30H,10-13,22-25H2,1-9H3,(H,38,43)(H,40,46)(H2,37,39,45). The molecule has 0 aliphatic heterocycles. The Hall–Kier alpha value is -4.38. The van der Waals surface area contributed by atoms with Gasteiger partial charge in [0.25, 0.3) is 0 Å². The third-order valence-corrected chi connectivity index (χ3v) is 9.79. The summed E-state index contributed by atoms with van der Waals surface area (Å²) in [4.78, 5) is 50.2. The van der Waals surface area contributed by atoms with Crippen LogP contribution in [-0.4, -0.2) is 76.4 Å². The van der Waals surface area contributed by atoms with Crippen LogP contribution in [-0.2, 0) is 32.3 Å². The number of ether oxygens (including phenoxy) is 2. The molecule has 288 valence electrons. The molecule has 16 heteroatoms. The SMILES string of the molecule is CCO[Si](CCCNC(=O)Nc1ccc(N=Nc2ccc(NC(=O)CCC(NC(=O)OC(C)(C)C)C(=O)OC(C)(C)C)cc2)cc1)(OCC)OCC. The number of alkyl carbamates (subject to hydrolysis) is 1. The van der Waals surface area contributed by atoms with Gasteiger partial charge in [-0.3, -0.25) is 4.79 Å². The van der Waals surface area contributed by atoms with Crippen molar-refractivity contribution in [3.05, 3.63) is 48.5 Å². The third kappa shape index (κ3) is 17.7. The highest BCUT2D eigenvalue weighted by molar-refractivity contribution is 6.60. The molecule has 0 bridgehead atoms. The molecule has 4 amide bonds. The van der Waals surface area contributed by atoms with E-state index in [0.29, 0.717) is 61.6 Å². The topological polar surface area (TPSA) is 187 Å². The normalized spacial score (nSPS) is 12.6. The first-order valence-corrected chi connectivity index (χ1v) is 19.5. The summed E-state index contributed by atoms with van der Waals surface area (Å²) >= 11 is 0. The Morgan fingerprint density at radius 3 is 1.65 bits per heavy atom. The van der Waals surface area contributed by atoms with Crippen molar-refractivity contribution in [3.63, 3.8) is 0 Å². The van der Waals surface area contributed by atoms with Crippen LogP contribution < -0.4 is 21.3 Å². The van der Waals surface area contributed by atoms with Crippen LogP contribution in [0.5, 0.6) is 0 Å². The minimum absolute atomic E-state index is 0.00594. The summed E-state index contributed by atoms with van der Waals surface area (Å²) in [6.45, 7) is 17.9. The minimum atomic E-state index is -2.75. The predicted molar refractivity (Wildman–Crippen MR) is 201 cm³/mol. The monoisotopic (exact) mass is 744 g/mol. The van der Waals surface area contributed by atoms with E-state index in [1.807, 2.05) is 20.8 Å². The molecule has 0 saturated heterocycles. The Kier molecular flexibility index (Phi) is 17.9. The quantitative estimate of drug-likeness (QED) is 0.0486. The lowest BCUT2D eigenvalue weighted by Crippen LogP contribution is -2.46. The number of esters is 1. The van der Waals surface area contributed by atoms with Gasteiger partial charge in [0.2, 0.25) is 5.91 Å². The van der Waals surface area contributed by atoms with E-state index in [1.165, 1.54) is 0 Å². The van der Waals surface area contributed by atoms with Crippen LogP contribution >= 0.6 is 0 Å². The summed E-state index contributed by atoms with van der Waals surface area (Å²) in [5, 5.41) is 19.4. The molecule has 0 radical (unpaired) electrons. The maximum atomic E-state index is 12.7. The van der Waals surface area contributed by atoms with Gasteiger partial charge in [-0.05, 0) is 124 Å². The van der Waals surface area contributed by atoms with Gasteiger partial charge in [0.15, 0.2) is 0 Å². The lowest BCUT2D eigenvalue weighted by Gasteiger charge is -2.28. The van der Waals surface area contributed by atoms with E-state index >= 15 is 0 Å². The highest BCUT2D eigenvalue weighted by Crippen LogP contribution is 2.23. The van der Waals surface area contributed by atoms with Crippen molar-refractivity contribution in [2.75, 3.05) is 37.0 Å². The fraction of sp³-hybridized carbons (Fsp3) is 0.556. The second kappa shape index (κ2) is 21.2. The van der Waals surface area contributed by atoms with Crippen molar-refractivity contribution < 1.29 is 41.9 Å². The van der Waals surface area contributed by atoms with Crippen LogP contribution in [0.15, 0.2) is 58.8 Å². The summed E-state index contributed by atoms with van der Waals surface area (Å²) in [6.07, 6.45) is -0.185. The zero-order chi connectivity index (χ0) is 38.8. The van der Waals surface area contributed by atoms with E-state index in [9.17, 15) is 19.2 Å². The zero-order valence-corrected chi connectivity index (χ0v) is 32.9. The number of hydrogen-bond acceptors (Lipinski definition) is 11. The number of benzene rings is 2. The van der Waals surface area contributed by atoms with Crippen molar-refractivity contribution in [3.8, 4) is 0 Å². The number of rotatable bonds is 19. The molecule has 0 aliphatic rings. The minimum Gasteiger partial charge on any atom is -0.458 e. The molecule has 0 spiro atoms. The van der Waals surface area contributed by atoms with Crippen molar-refractivity contribution >= 4 is 55.6 Å². The summed E-state index contributed by atoms with van der Waals surface area (Å²) in [5.74, 6) is -1.02. The maximum Gasteiger partial charge on any atom is 0.500 e. The number of nitrogens with zero attached hydrogens (tertiary/aromatic N) is 2.